The fraction of sp³-hybridized carbons (Fsp3) is 0.333. The Morgan fingerprint density at radius 1 is 0.950 bits per heavy atom. The number of rotatable bonds is 3. The average molecular weight is 288 g/mol. The molecule has 2 rings (SSSR count). The Bertz CT molecular complexity index is 605. The van der Waals surface area contributed by atoms with Crippen molar-refractivity contribution in [2.45, 2.75) is 33.7 Å². The molecule has 0 radical (unpaired) electrons. The van der Waals surface area contributed by atoms with Gasteiger partial charge in [0.1, 0.15) is 0 Å². The van der Waals surface area contributed by atoms with Gasteiger partial charge in [0, 0.05) is 5.02 Å². The lowest BCUT2D eigenvalue weighted by Crippen LogP contribution is -2.20. The molecule has 2 aromatic rings. The summed E-state index contributed by atoms with van der Waals surface area (Å²) in [4.78, 5) is 0. The van der Waals surface area contributed by atoms with Crippen molar-refractivity contribution in [3.05, 3.63) is 68.7 Å². The van der Waals surface area contributed by atoms with E-state index in [-0.39, 0.29) is 6.04 Å². The van der Waals surface area contributed by atoms with Crippen molar-refractivity contribution in [3.8, 4) is 0 Å². The van der Waals surface area contributed by atoms with Gasteiger partial charge in [0.05, 0.1) is 6.04 Å². The molecule has 0 aliphatic carbocycles. The lowest BCUT2D eigenvalue weighted by molar-refractivity contribution is 0.681. The van der Waals surface area contributed by atoms with Crippen molar-refractivity contribution in [2.24, 2.45) is 0 Å². The number of hydrogen-bond acceptors (Lipinski definition) is 1. The minimum Gasteiger partial charge on any atom is -0.309 e. The second-order valence-electron chi connectivity index (χ2n) is 5.45. The summed E-state index contributed by atoms with van der Waals surface area (Å²) in [6.45, 7) is 8.75. The van der Waals surface area contributed by atoms with Crippen molar-refractivity contribution in [1.29, 1.82) is 0 Å². The van der Waals surface area contributed by atoms with Gasteiger partial charge in [-0.1, -0.05) is 29.8 Å². The van der Waals surface area contributed by atoms with Gasteiger partial charge in [-0.25, -0.2) is 0 Å². The Balaban J connectivity index is 2.64. The molecule has 2 heteroatoms. The third-order valence-electron chi connectivity index (χ3n) is 4.18. The lowest BCUT2D eigenvalue weighted by Gasteiger charge is -2.24. The minimum atomic E-state index is 0.173. The molecule has 0 aliphatic rings. The summed E-state index contributed by atoms with van der Waals surface area (Å²) >= 11 is 6.15. The molecule has 0 aromatic heterocycles. The second kappa shape index (κ2) is 5.99. The lowest BCUT2D eigenvalue weighted by atomic mass is 9.87. The van der Waals surface area contributed by atoms with E-state index in [1.54, 1.807) is 0 Å². The van der Waals surface area contributed by atoms with Crippen LogP contribution in [0.5, 0.6) is 0 Å². The predicted octanol–water partition coefficient (Wildman–Crippen LogP) is 4.88. The molecular weight excluding hydrogens is 266 g/mol. The Hall–Kier alpha value is -1.31. The van der Waals surface area contributed by atoms with E-state index >= 15 is 0 Å². The van der Waals surface area contributed by atoms with E-state index in [4.69, 9.17) is 11.6 Å². The molecule has 0 saturated carbocycles. The van der Waals surface area contributed by atoms with Crippen molar-refractivity contribution in [1.82, 2.24) is 5.32 Å². The van der Waals surface area contributed by atoms with Gasteiger partial charge >= 0.3 is 0 Å². The Kier molecular flexibility index (Phi) is 4.52. The van der Waals surface area contributed by atoms with Gasteiger partial charge in [-0.05, 0) is 80.3 Å². The first-order valence-electron chi connectivity index (χ1n) is 6.95. The fourth-order valence-corrected chi connectivity index (χ4v) is 3.04. The summed E-state index contributed by atoms with van der Waals surface area (Å²) in [6, 6.07) is 10.5. The van der Waals surface area contributed by atoms with E-state index in [9.17, 15) is 0 Å². The van der Waals surface area contributed by atoms with Gasteiger partial charge in [-0.2, -0.15) is 0 Å². The zero-order chi connectivity index (χ0) is 14.9. The maximum Gasteiger partial charge on any atom is 0.0580 e. The highest BCUT2D eigenvalue weighted by molar-refractivity contribution is 6.30. The summed E-state index contributed by atoms with van der Waals surface area (Å²) in [6.07, 6.45) is 0. The van der Waals surface area contributed by atoms with Crippen LogP contribution in [0.3, 0.4) is 0 Å². The summed E-state index contributed by atoms with van der Waals surface area (Å²) in [5.41, 5.74) is 7.96. The molecule has 0 bridgehead atoms. The van der Waals surface area contributed by atoms with E-state index in [0.29, 0.717) is 0 Å². The highest BCUT2D eigenvalue weighted by Gasteiger charge is 2.19. The van der Waals surface area contributed by atoms with Gasteiger partial charge in [0.15, 0.2) is 0 Å². The molecule has 0 fully saturated rings. The van der Waals surface area contributed by atoms with E-state index in [1.165, 1.54) is 33.4 Å². The number of benzene rings is 2. The molecule has 0 amide bonds. The monoisotopic (exact) mass is 287 g/mol. The highest BCUT2D eigenvalue weighted by Crippen LogP contribution is 2.32. The molecule has 1 atom stereocenters. The first kappa shape index (κ1) is 15.1. The normalized spacial score (nSPS) is 12.5. The summed E-state index contributed by atoms with van der Waals surface area (Å²) < 4.78 is 0. The van der Waals surface area contributed by atoms with Gasteiger partial charge in [0.2, 0.25) is 0 Å². The van der Waals surface area contributed by atoms with Crippen LogP contribution >= 0.6 is 11.6 Å². The van der Waals surface area contributed by atoms with Crippen molar-refractivity contribution in [3.63, 3.8) is 0 Å². The summed E-state index contributed by atoms with van der Waals surface area (Å²) in [7, 11) is 2.00. The molecule has 0 spiro atoms. The van der Waals surface area contributed by atoms with E-state index < -0.39 is 0 Å². The van der Waals surface area contributed by atoms with Gasteiger partial charge in [-0.15, -0.1) is 0 Å². The van der Waals surface area contributed by atoms with Crippen LogP contribution in [0, 0.1) is 27.7 Å². The maximum atomic E-state index is 6.15. The zero-order valence-corrected chi connectivity index (χ0v) is 13.6. The van der Waals surface area contributed by atoms with Crippen molar-refractivity contribution < 1.29 is 0 Å². The zero-order valence-electron chi connectivity index (χ0n) is 12.8. The van der Waals surface area contributed by atoms with Crippen LogP contribution in [0.25, 0.3) is 0 Å². The molecule has 2 aromatic carbocycles. The molecule has 106 valence electrons. The molecule has 0 heterocycles. The Morgan fingerprint density at radius 3 is 2.05 bits per heavy atom. The number of aryl methyl sites for hydroxylation is 2. The second-order valence-corrected chi connectivity index (χ2v) is 5.89. The van der Waals surface area contributed by atoms with Crippen LogP contribution in [-0.4, -0.2) is 7.05 Å². The van der Waals surface area contributed by atoms with E-state index in [1.807, 2.05) is 25.2 Å². The van der Waals surface area contributed by atoms with Crippen molar-refractivity contribution in [2.75, 3.05) is 7.05 Å². The third kappa shape index (κ3) is 2.74. The largest absolute Gasteiger partial charge is 0.309 e. The fourth-order valence-electron chi connectivity index (χ4n) is 2.84. The minimum absolute atomic E-state index is 0.173. The number of nitrogens with one attached hydrogen (secondary N) is 1. The molecule has 20 heavy (non-hydrogen) atoms. The van der Waals surface area contributed by atoms with Crippen LogP contribution in [0.15, 0.2) is 30.3 Å². The summed E-state index contributed by atoms with van der Waals surface area (Å²) in [5.74, 6) is 0. The van der Waals surface area contributed by atoms with Crippen LogP contribution in [0.1, 0.15) is 39.4 Å². The highest BCUT2D eigenvalue weighted by atomic mass is 35.5. The Labute approximate surface area is 127 Å². The van der Waals surface area contributed by atoms with Crippen LogP contribution in [-0.2, 0) is 0 Å². The van der Waals surface area contributed by atoms with Gasteiger partial charge in [0.25, 0.3) is 0 Å². The quantitative estimate of drug-likeness (QED) is 0.848. The van der Waals surface area contributed by atoms with Crippen LogP contribution in [0.4, 0.5) is 0 Å². The molecule has 1 nitrogen and oxygen atoms in total. The maximum absolute atomic E-state index is 6.15. The topological polar surface area (TPSA) is 12.0 Å². The van der Waals surface area contributed by atoms with Crippen molar-refractivity contribution >= 4 is 11.6 Å². The standard InChI is InChI=1S/C18H22ClN/c1-11-9-12(2)14(4)17(13(11)3)18(20-5)15-7-6-8-16(19)10-15/h6-10,18,20H,1-5H3. The average Bonchev–Trinajstić information content (AvgIpc) is 2.41. The van der Waals surface area contributed by atoms with Gasteiger partial charge < -0.3 is 5.32 Å². The molecule has 0 saturated heterocycles. The number of halogens is 1. The summed E-state index contributed by atoms with van der Waals surface area (Å²) in [5, 5.41) is 4.22. The van der Waals surface area contributed by atoms with Crippen LogP contribution < -0.4 is 5.32 Å². The third-order valence-corrected chi connectivity index (χ3v) is 4.42. The molecular formula is C18H22ClN. The first-order valence-corrected chi connectivity index (χ1v) is 7.33. The smallest absolute Gasteiger partial charge is 0.0580 e. The van der Waals surface area contributed by atoms with Crippen LogP contribution in [0.2, 0.25) is 5.02 Å². The van der Waals surface area contributed by atoms with E-state index in [2.05, 4.69) is 45.1 Å². The molecule has 1 N–H and O–H groups in total. The first-order chi connectivity index (χ1) is 9.45. The molecule has 1 unspecified atom stereocenters. The van der Waals surface area contributed by atoms with Gasteiger partial charge in [-0.3, -0.25) is 0 Å². The predicted molar refractivity (Wildman–Crippen MR) is 87.7 cm³/mol. The Morgan fingerprint density at radius 2 is 1.55 bits per heavy atom. The SMILES string of the molecule is CNC(c1cccc(Cl)c1)c1c(C)c(C)cc(C)c1C. The molecule has 0 aliphatic heterocycles. The van der Waals surface area contributed by atoms with E-state index in [0.717, 1.165) is 5.02 Å². The number of hydrogen-bond donors (Lipinski definition) is 1.